The molecule has 1 aliphatic rings. The van der Waals surface area contributed by atoms with Crippen molar-refractivity contribution < 1.29 is 9.53 Å². The predicted molar refractivity (Wildman–Crippen MR) is 70.1 cm³/mol. The normalized spacial score (nSPS) is 16.6. The Bertz CT molecular complexity index is 436. The van der Waals surface area contributed by atoms with Gasteiger partial charge in [-0.25, -0.2) is 4.98 Å². The van der Waals surface area contributed by atoms with Gasteiger partial charge in [0.1, 0.15) is 0 Å². The zero-order chi connectivity index (χ0) is 13.0. The molecule has 1 aromatic heterocycles. The van der Waals surface area contributed by atoms with Gasteiger partial charge in [-0.2, -0.15) is 0 Å². The molecule has 1 N–H and O–H groups in total. The minimum absolute atomic E-state index is 0.145. The van der Waals surface area contributed by atoms with Gasteiger partial charge >= 0.3 is 0 Å². The summed E-state index contributed by atoms with van der Waals surface area (Å²) < 4.78 is 5.21. The fourth-order valence-corrected chi connectivity index (χ4v) is 2.07. The molecule has 0 aliphatic carbocycles. The number of halogens is 2. The van der Waals surface area contributed by atoms with Crippen molar-refractivity contribution in [1.82, 2.24) is 9.88 Å². The fourth-order valence-electron chi connectivity index (χ4n) is 1.64. The molecule has 1 saturated heterocycles. The Balaban J connectivity index is 1.90. The molecule has 0 bridgehead atoms. The lowest BCUT2D eigenvalue weighted by Gasteiger charge is -2.25. The number of aromatic nitrogens is 1. The van der Waals surface area contributed by atoms with Crippen LogP contribution in [0.25, 0.3) is 0 Å². The molecule has 98 valence electrons. The van der Waals surface area contributed by atoms with E-state index in [0.29, 0.717) is 35.6 Å². The number of pyridine rings is 1. The van der Waals surface area contributed by atoms with Crippen LogP contribution in [0.3, 0.4) is 0 Å². The molecule has 0 unspecified atom stereocenters. The largest absolute Gasteiger partial charge is 0.379 e. The molecule has 1 aromatic rings. The Kier molecular flexibility index (Phi) is 4.77. The van der Waals surface area contributed by atoms with Gasteiger partial charge in [-0.1, -0.05) is 23.2 Å². The molecule has 0 spiro atoms. The van der Waals surface area contributed by atoms with Crippen molar-refractivity contribution in [3.8, 4) is 0 Å². The zero-order valence-corrected chi connectivity index (χ0v) is 11.2. The van der Waals surface area contributed by atoms with Crippen molar-refractivity contribution in [3.63, 3.8) is 0 Å². The number of morpholine rings is 1. The molecule has 0 radical (unpaired) electrons. The summed E-state index contributed by atoms with van der Waals surface area (Å²) in [5, 5.41) is 3.43. The quantitative estimate of drug-likeness (QED) is 0.920. The van der Waals surface area contributed by atoms with E-state index in [4.69, 9.17) is 27.9 Å². The van der Waals surface area contributed by atoms with Crippen LogP contribution in [0, 0.1) is 0 Å². The number of nitrogens with zero attached hydrogens (tertiary/aromatic N) is 2. The van der Waals surface area contributed by atoms with Crippen LogP contribution in [0.2, 0.25) is 10.0 Å². The van der Waals surface area contributed by atoms with Gasteiger partial charge in [0.15, 0.2) is 5.82 Å². The van der Waals surface area contributed by atoms with Gasteiger partial charge in [-0.05, 0) is 6.07 Å². The van der Waals surface area contributed by atoms with Crippen molar-refractivity contribution in [3.05, 3.63) is 22.3 Å². The molecule has 5 nitrogen and oxygen atoms in total. The first kappa shape index (κ1) is 13.5. The Morgan fingerprint density at radius 1 is 1.44 bits per heavy atom. The number of carbonyl (C=O) groups excluding carboxylic acids is 1. The standard InChI is InChI=1S/C11H13Cl2N3O2/c12-8-5-9(13)11(14-6-8)15-10(17)7-16-1-3-18-4-2-16/h5-6H,1-4,7H2,(H,14,15,17). The first-order valence-electron chi connectivity index (χ1n) is 5.56. The van der Waals surface area contributed by atoms with Crippen LogP contribution in [-0.2, 0) is 9.53 Å². The number of rotatable bonds is 3. The van der Waals surface area contributed by atoms with Crippen LogP contribution >= 0.6 is 23.2 Å². The summed E-state index contributed by atoms with van der Waals surface area (Å²) in [6, 6.07) is 1.54. The third kappa shape index (κ3) is 3.81. The smallest absolute Gasteiger partial charge is 0.239 e. The summed E-state index contributed by atoms with van der Waals surface area (Å²) >= 11 is 11.6. The van der Waals surface area contributed by atoms with Crippen LogP contribution < -0.4 is 5.32 Å². The van der Waals surface area contributed by atoms with Crippen LogP contribution in [-0.4, -0.2) is 48.6 Å². The lowest BCUT2D eigenvalue weighted by molar-refractivity contribution is -0.118. The molecule has 18 heavy (non-hydrogen) atoms. The van der Waals surface area contributed by atoms with Crippen LogP contribution in [0.5, 0.6) is 0 Å². The average Bonchev–Trinajstić information content (AvgIpc) is 2.34. The molecule has 7 heteroatoms. The van der Waals surface area contributed by atoms with Crippen molar-refractivity contribution in [2.75, 3.05) is 38.2 Å². The predicted octanol–water partition coefficient (Wildman–Crippen LogP) is 1.66. The van der Waals surface area contributed by atoms with Gasteiger partial charge in [0.2, 0.25) is 5.91 Å². The SMILES string of the molecule is O=C(CN1CCOCC1)Nc1ncc(Cl)cc1Cl. The van der Waals surface area contributed by atoms with E-state index in [0.717, 1.165) is 13.1 Å². The Morgan fingerprint density at radius 2 is 2.17 bits per heavy atom. The number of ether oxygens (including phenoxy) is 1. The van der Waals surface area contributed by atoms with E-state index in [1.165, 1.54) is 6.20 Å². The van der Waals surface area contributed by atoms with E-state index in [1.807, 2.05) is 4.90 Å². The number of nitrogens with one attached hydrogen (secondary N) is 1. The lowest BCUT2D eigenvalue weighted by atomic mass is 10.4. The molecular formula is C11H13Cl2N3O2. The number of carbonyl (C=O) groups is 1. The summed E-state index contributed by atoms with van der Waals surface area (Å²) in [6.45, 7) is 3.15. The maximum atomic E-state index is 11.8. The first-order chi connectivity index (χ1) is 8.65. The summed E-state index contributed by atoms with van der Waals surface area (Å²) in [5.41, 5.74) is 0. The average molecular weight is 290 g/mol. The van der Waals surface area contributed by atoms with E-state index in [9.17, 15) is 4.79 Å². The summed E-state index contributed by atoms with van der Waals surface area (Å²) in [7, 11) is 0. The van der Waals surface area contributed by atoms with Gasteiger partial charge in [0.05, 0.1) is 29.8 Å². The second-order valence-corrected chi connectivity index (χ2v) is 4.76. The van der Waals surface area contributed by atoms with E-state index >= 15 is 0 Å². The Labute approximate surface area is 115 Å². The summed E-state index contributed by atoms with van der Waals surface area (Å²) in [4.78, 5) is 17.8. The molecule has 2 rings (SSSR count). The highest BCUT2D eigenvalue weighted by atomic mass is 35.5. The highest BCUT2D eigenvalue weighted by Crippen LogP contribution is 2.22. The van der Waals surface area contributed by atoms with Crippen LogP contribution in [0.15, 0.2) is 12.3 Å². The van der Waals surface area contributed by atoms with E-state index in [-0.39, 0.29) is 5.91 Å². The fraction of sp³-hybridized carbons (Fsp3) is 0.455. The van der Waals surface area contributed by atoms with E-state index < -0.39 is 0 Å². The van der Waals surface area contributed by atoms with Gasteiger partial charge in [0, 0.05) is 19.3 Å². The van der Waals surface area contributed by atoms with E-state index in [1.54, 1.807) is 6.07 Å². The number of amides is 1. The van der Waals surface area contributed by atoms with Crippen molar-refractivity contribution in [1.29, 1.82) is 0 Å². The lowest BCUT2D eigenvalue weighted by Crippen LogP contribution is -2.41. The molecule has 0 atom stereocenters. The number of hydrogen-bond acceptors (Lipinski definition) is 4. The van der Waals surface area contributed by atoms with E-state index in [2.05, 4.69) is 10.3 Å². The maximum absolute atomic E-state index is 11.8. The van der Waals surface area contributed by atoms with Crippen molar-refractivity contribution in [2.24, 2.45) is 0 Å². The van der Waals surface area contributed by atoms with Gasteiger partial charge in [-0.15, -0.1) is 0 Å². The minimum atomic E-state index is -0.145. The number of anilines is 1. The molecular weight excluding hydrogens is 277 g/mol. The topological polar surface area (TPSA) is 54.5 Å². The number of hydrogen-bond donors (Lipinski definition) is 1. The molecule has 1 aliphatic heterocycles. The summed E-state index contributed by atoms with van der Waals surface area (Å²) in [6.07, 6.45) is 1.44. The van der Waals surface area contributed by atoms with Crippen LogP contribution in [0.1, 0.15) is 0 Å². The second kappa shape index (κ2) is 6.33. The van der Waals surface area contributed by atoms with Crippen molar-refractivity contribution >= 4 is 34.9 Å². The van der Waals surface area contributed by atoms with Gasteiger partial charge in [0.25, 0.3) is 0 Å². The monoisotopic (exact) mass is 289 g/mol. The molecule has 2 heterocycles. The molecule has 1 fully saturated rings. The van der Waals surface area contributed by atoms with Crippen LogP contribution in [0.4, 0.5) is 5.82 Å². The maximum Gasteiger partial charge on any atom is 0.239 e. The minimum Gasteiger partial charge on any atom is -0.379 e. The second-order valence-electron chi connectivity index (χ2n) is 3.92. The first-order valence-corrected chi connectivity index (χ1v) is 6.32. The van der Waals surface area contributed by atoms with Crippen molar-refractivity contribution in [2.45, 2.75) is 0 Å². The third-order valence-electron chi connectivity index (χ3n) is 2.54. The van der Waals surface area contributed by atoms with Gasteiger partial charge < -0.3 is 10.1 Å². The Morgan fingerprint density at radius 3 is 2.83 bits per heavy atom. The highest BCUT2D eigenvalue weighted by Gasteiger charge is 2.15. The molecule has 1 amide bonds. The zero-order valence-electron chi connectivity index (χ0n) is 9.66. The van der Waals surface area contributed by atoms with Gasteiger partial charge in [-0.3, -0.25) is 9.69 Å². The highest BCUT2D eigenvalue weighted by molar-refractivity contribution is 6.36. The summed E-state index contributed by atoms with van der Waals surface area (Å²) in [5.74, 6) is 0.188. The molecule has 0 saturated carbocycles. The molecule has 0 aromatic carbocycles. The Hall–Kier alpha value is -0.880. The third-order valence-corrected chi connectivity index (χ3v) is 3.03.